The van der Waals surface area contributed by atoms with E-state index in [1.165, 1.54) is 0 Å². The predicted molar refractivity (Wildman–Crippen MR) is 93.1 cm³/mol. The zero-order valence-corrected chi connectivity index (χ0v) is 14.7. The topological polar surface area (TPSA) is 82.7 Å². The maximum atomic E-state index is 12.7. The van der Waals surface area contributed by atoms with Gasteiger partial charge in [0.05, 0.1) is 6.61 Å². The molecule has 3 rings (SSSR count). The highest BCUT2D eigenvalue weighted by Gasteiger charge is 2.25. The van der Waals surface area contributed by atoms with E-state index in [9.17, 15) is 9.90 Å². The fourth-order valence-electron chi connectivity index (χ4n) is 3.15. The third kappa shape index (κ3) is 3.88. The van der Waals surface area contributed by atoms with Crippen LogP contribution < -0.4 is 0 Å². The number of carbonyl (C=O) groups excluding carboxylic acids is 1. The van der Waals surface area contributed by atoms with Gasteiger partial charge in [-0.25, -0.2) is 0 Å². The van der Waals surface area contributed by atoms with Gasteiger partial charge in [-0.05, 0) is 37.6 Å². The number of nitrogens with zero attached hydrogens (tertiary/aromatic N) is 4. The van der Waals surface area contributed by atoms with Crippen molar-refractivity contribution in [3.05, 3.63) is 35.7 Å². The fourth-order valence-corrected chi connectivity index (χ4v) is 3.15. The van der Waals surface area contributed by atoms with Crippen molar-refractivity contribution in [2.24, 2.45) is 0 Å². The number of aliphatic hydroxyl groups is 1. The zero-order valence-electron chi connectivity index (χ0n) is 14.7. The van der Waals surface area contributed by atoms with Crippen molar-refractivity contribution in [3.63, 3.8) is 0 Å². The number of hydrogen-bond donors (Lipinski definition) is 1. The van der Waals surface area contributed by atoms with Crippen LogP contribution in [0.1, 0.15) is 29.5 Å². The smallest absolute Gasteiger partial charge is 0.257 e. The molecule has 1 saturated heterocycles. The Morgan fingerprint density at radius 1 is 1.24 bits per heavy atom. The number of aliphatic hydroxyl groups excluding tert-OH is 1. The summed E-state index contributed by atoms with van der Waals surface area (Å²) < 4.78 is 5.14. The van der Waals surface area contributed by atoms with E-state index in [1.54, 1.807) is 19.1 Å². The van der Waals surface area contributed by atoms with Crippen molar-refractivity contribution in [2.45, 2.75) is 26.3 Å². The molecule has 1 atom stereocenters. The van der Waals surface area contributed by atoms with E-state index >= 15 is 0 Å². The lowest BCUT2D eigenvalue weighted by molar-refractivity contribution is 0.0472. The molecule has 2 heterocycles. The first-order valence-corrected chi connectivity index (χ1v) is 8.67. The Balaban J connectivity index is 1.62. The molecule has 0 bridgehead atoms. The molecule has 25 heavy (non-hydrogen) atoms. The molecule has 0 radical (unpaired) electrons. The Morgan fingerprint density at radius 3 is 2.44 bits per heavy atom. The van der Waals surface area contributed by atoms with Gasteiger partial charge in [0.15, 0.2) is 5.82 Å². The summed E-state index contributed by atoms with van der Waals surface area (Å²) in [6.45, 7) is 6.96. The number of rotatable bonds is 5. The number of hydrogen-bond acceptors (Lipinski definition) is 6. The van der Waals surface area contributed by atoms with E-state index in [4.69, 9.17) is 4.52 Å². The van der Waals surface area contributed by atoms with Crippen LogP contribution in [0.15, 0.2) is 28.8 Å². The number of benzene rings is 1. The molecule has 1 N–H and O–H groups in total. The lowest BCUT2D eigenvalue weighted by Gasteiger charge is -2.38. The van der Waals surface area contributed by atoms with E-state index in [-0.39, 0.29) is 18.6 Å². The molecule has 1 aliphatic rings. The molecule has 1 aromatic carbocycles. The predicted octanol–water partition coefficient (Wildman–Crippen LogP) is 1.57. The molecule has 0 saturated carbocycles. The SMILES string of the molecule is CCC(CO)N1CCN(C(=O)c2ccc(-c3nc(C)no3)cc2)CC1. The van der Waals surface area contributed by atoms with Gasteiger partial charge in [-0.2, -0.15) is 4.98 Å². The van der Waals surface area contributed by atoms with Gasteiger partial charge in [-0.3, -0.25) is 9.69 Å². The van der Waals surface area contributed by atoms with Gasteiger partial charge >= 0.3 is 0 Å². The second-order valence-corrected chi connectivity index (χ2v) is 6.30. The minimum atomic E-state index is 0.0324. The molecular weight excluding hydrogens is 320 g/mol. The number of aromatic nitrogens is 2. The van der Waals surface area contributed by atoms with Gasteiger partial charge in [0, 0.05) is 43.3 Å². The van der Waals surface area contributed by atoms with Gasteiger partial charge in [0.1, 0.15) is 0 Å². The normalized spacial score (nSPS) is 16.8. The van der Waals surface area contributed by atoms with Gasteiger partial charge < -0.3 is 14.5 Å². The van der Waals surface area contributed by atoms with Crippen molar-refractivity contribution >= 4 is 5.91 Å². The van der Waals surface area contributed by atoms with Crippen LogP contribution in [0.3, 0.4) is 0 Å². The molecule has 0 aliphatic carbocycles. The summed E-state index contributed by atoms with van der Waals surface area (Å²) in [6.07, 6.45) is 0.918. The lowest BCUT2D eigenvalue weighted by Crippen LogP contribution is -2.52. The van der Waals surface area contributed by atoms with Crippen LogP contribution in [-0.4, -0.2) is 69.8 Å². The number of carbonyl (C=O) groups is 1. The molecule has 1 aliphatic heterocycles. The molecule has 1 unspecified atom stereocenters. The maximum Gasteiger partial charge on any atom is 0.257 e. The molecule has 7 heteroatoms. The summed E-state index contributed by atoms with van der Waals surface area (Å²) in [4.78, 5) is 21.0. The van der Waals surface area contributed by atoms with Crippen LogP contribution in [0.2, 0.25) is 0 Å². The summed E-state index contributed by atoms with van der Waals surface area (Å²) in [5.74, 6) is 1.07. The molecule has 134 valence electrons. The highest BCUT2D eigenvalue weighted by atomic mass is 16.5. The van der Waals surface area contributed by atoms with Crippen molar-refractivity contribution in [3.8, 4) is 11.5 Å². The van der Waals surface area contributed by atoms with Crippen LogP contribution in [0.25, 0.3) is 11.5 Å². The monoisotopic (exact) mass is 344 g/mol. The van der Waals surface area contributed by atoms with E-state index in [0.29, 0.717) is 30.4 Å². The molecule has 1 amide bonds. The highest BCUT2D eigenvalue weighted by molar-refractivity contribution is 5.94. The van der Waals surface area contributed by atoms with E-state index in [1.807, 2.05) is 17.0 Å². The van der Waals surface area contributed by atoms with Crippen LogP contribution >= 0.6 is 0 Å². The summed E-state index contributed by atoms with van der Waals surface area (Å²) in [6, 6.07) is 7.44. The van der Waals surface area contributed by atoms with E-state index < -0.39 is 0 Å². The van der Waals surface area contributed by atoms with Crippen LogP contribution in [0, 0.1) is 6.92 Å². The minimum Gasteiger partial charge on any atom is -0.395 e. The second kappa shape index (κ2) is 7.76. The van der Waals surface area contributed by atoms with Gasteiger partial charge in [0.25, 0.3) is 11.8 Å². The zero-order chi connectivity index (χ0) is 17.8. The highest BCUT2D eigenvalue weighted by Crippen LogP contribution is 2.19. The molecular formula is C18H24N4O3. The summed E-state index contributed by atoms with van der Waals surface area (Å²) in [7, 11) is 0. The summed E-state index contributed by atoms with van der Waals surface area (Å²) >= 11 is 0. The molecule has 7 nitrogen and oxygen atoms in total. The molecule has 0 spiro atoms. The van der Waals surface area contributed by atoms with Gasteiger partial charge in [-0.1, -0.05) is 12.1 Å². The summed E-state index contributed by atoms with van der Waals surface area (Å²) in [5, 5.41) is 13.2. The van der Waals surface area contributed by atoms with Crippen LogP contribution in [0.5, 0.6) is 0 Å². The van der Waals surface area contributed by atoms with E-state index in [0.717, 1.165) is 25.1 Å². The number of piperazine rings is 1. The van der Waals surface area contributed by atoms with Crippen LogP contribution in [0.4, 0.5) is 0 Å². The van der Waals surface area contributed by atoms with Crippen molar-refractivity contribution in [1.82, 2.24) is 19.9 Å². The average molecular weight is 344 g/mol. The first-order valence-electron chi connectivity index (χ1n) is 8.67. The van der Waals surface area contributed by atoms with Crippen molar-refractivity contribution in [1.29, 1.82) is 0 Å². The van der Waals surface area contributed by atoms with Crippen LogP contribution in [-0.2, 0) is 0 Å². The quantitative estimate of drug-likeness (QED) is 0.887. The third-order valence-corrected chi connectivity index (χ3v) is 4.71. The first-order chi connectivity index (χ1) is 12.1. The lowest BCUT2D eigenvalue weighted by atomic mass is 10.1. The number of aryl methyl sites for hydroxylation is 1. The molecule has 1 aromatic heterocycles. The fraction of sp³-hybridized carbons (Fsp3) is 0.500. The Kier molecular flexibility index (Phi) is 5.45. The Bertz CT molecular complexity index is 701. The summed E-state index contributed by atoms with van der Waals surface area (Å²) in [5.41, 5.74) is 1.46. The Hall–Kier alpha value is -2.25. The second-order valence-electron chi connectivity index (χ2n) is 6.30. The molecule has 1 fully saturated rings. The van der Waals surface area contributed by atoms with Crippen molar-refractivity contribution < 1.29 is 14.4 Å². The standard InChI is InChI=1S/C18H24N4O3/c1-3-16(12-23)21-8-10-22(11-9-21)18(24)15-6-4-14(5-7-15)17-19-13(2)20-25-17/h4-7,16,23H,3,8-12H2,1-2H3. The first kappa shape index (κ1) is 17.6. The van der Waals surface area contributed by atoms with E-state index in [2.05, 4.69) is 22.0 Å². The third-order valence-electron chi connectivity index (χ3n) is 4.71. The Labute approximate surface area is 147 Å². The largest absolute Gasteiger partial charge is 0.395 e. The van der Waals surface area contributed by atoms with Crippen molar-refractivity contribution in [2.75, 3.05) is 32.8 Å². The minimum absolute atomic E-state index is 0.0324. The molecule has 2 aromatic rings. The number of amides is 1. The maximum absolute atomic E-state index is 12.7. The Morgan fingerprint density at radius 2 is 1.92 bits per heavy atom. The average Bonchev–Trinajstić information content (AvgIpc) is 3.09. The van der Waals surface area contributed by atoms with Gasteiger partial charge in [-0.15, -0.1) is 0 Å². The van der Waals surface area contributed by atoms with Gasteiger partial charge in [0.2, 0.25) is 0 Å².